The van der Waals surface area contributed by atoms with E-state index in [4.69, 9.17) is 4.74 Å². The molecule has 0 spiro atoms. The molecule has 0 unspecified atom stereocenters. The van der Waals surface area contributed by atoms with Crippen molar-refractivity contribution in [1.29, 1.82) is 0 Å². The average molecular weight is 467 g/mol. The molecule has 0 radical (unpaired) electrons. The number of carbonyl (C=O) groups excluding carboxylic acids is 1. The van der Waals surface area contributed by atoms with E-state index in [0.717, 1.165) is 12.6 Å². The fourth-order valence-corrected chi connectivity index (χ4v) is 6.63. The van der Waals surface area contributed by atoms with E-state index in [2.05, 4.69) is 43.9 Å². The van der Waals surface area contributed by atoms with Crippen molar-refractivity contribution in [3.05, 3.63) is 35.5 Å². The molecule has 3 heterocycles. The molecule has 1 saturated carbocycles. The first kappa shape index (κ1) is 23.7. The second kappa shape index (κ2) is 11.1. The van der Waals surface area contributed by atoms with E-state index in [9.17, 15) is 4.79 Å². The van der Waals surface area contributed by atoms with Crippen molar-refractivity contribution in [3.63, 3.8) is 0 Å². The highest BCUT2D eigenvalue weighted by atomic mass is 16.5. The Morgan fingerprint density at radius 3 is 2.41 bits per heavy atom. The summed E-state index contributed by atoms with van der Waals surface area (Å²) in [6.45, 7) is 8.47. The zero-order valence-corrected chi connectivity index (χ0v) is 20.9. The minimum Gasteiger partial charge on any atom is -0.450 e. The van der Waals surface area contributed by atoms with Gasteiger partial charge < -0.3 is 19.5 Å². The molecule has 2 saturated heterocycles. The standard InChI is InChI=1S/C28H42N4O2/c1-2-34-28(33)29-20-27-25(21-30-16-8-9-17-30)24-12-6-7-13-26(24)32(27)23-14-18-31(19-15-23)22-10-4-3-5-11-22/h6-7,12-13,22-23H,2-5,8-11,14-21H2,1H3,(H,29,33). The van der Waals surface area contributed by atoms with E-state index in [0.29, 0.717) is 19.2 Å². The maximum Gasteiger partial charge on any atom is 0.407 e. The molecule has 5 rings (SSSR count). The van der Waals surface area contributed by atoms with Crippen molar-refractivity contribution >= 4 is 17.0 Å². The van der Waals surface area contributed by atoms with Gasteiger partial charge in [-0.25, -0.2) is 4.79 Å². The third-order valence-electron chi connectivity index (χ3n) is 8.34. The van der Waals surface area contributed by atoms with Gasteiger partial charge >= 0.3 is 6.09 Å². The normalized spacial score (nSPS) is 21.3. The number of fused-ring (bicyclic) bond motifs is 1. The number of hydrogen-bond donors (Lipinski definition) is 1. The van der Waals surface area contributed by atoms with Crippen LogP contribution in [0.15, 0.2) is 24.3 Å². The Morgan fingerprint density at radius 2 is 1.68 bits per heavy atom. The first-order chi connectivity index (χ1) is 16.7. The molecule has 3 aliphatic rings. The summed E-state index contributed by atoms with van der Waals surface area (Å²) >= 11 is 0. The summed E-state index contributed by atoms with van der Waals surface area (Å²) in [5.74, 6) is 0. The van der Waals surface area contributed by atoms with Crippen LogP contribution in [0.5, 0.6) is 0 Å². The monoisotopic (exact) mass is 466 g/mol. The van der Waals surface area contributed by atoms with Crippen LogP contribution in [0.2, 0.25) is 0 Å². The van der Waals surface area contributed by atoms with Gasteiger partial charge in [0.15, 0.2) is 0 Å². The van der Waals surface area contributed by atoms with Crippen LogP contribution in [-0.2, 0) is 17.8 Å². The minimum atomic E-state index is -0.321. The van der Waals surface area contributed by atoms with E-state index < -0.39 is 0 Å². The van der Waals surface area contributed by atoms with Gasteiger partial charge in [-0.05, 0) is 70.2 Å². The molecule has 1 aromatic carbocycles. The Morgan fingerprint density at radius 1 is 0.941 bits per heavy atom. The number of aromatic nitrogens is 1. The molecule has 1 aromatic heterocycles. The van der Waals surface area contributed by atoms with Crippen molar-refractivity contribution in [2.24, 2.45) is 0 Å². The number of nitrogens with zero attached hydrogens (tertiary/aromatic N) is 3. The summed E-state index contributed by atoms with van der Waals surface area (Å²) in [5, 5.41) is 4.41. The number of rotatable bonds is 7. The molecule has 6 heteroatoms. The predicted octanol–water partition coefficient (Wildman–Crippen LogP) is 5.45. The lowest BCUT2D eigenvalue weighted by molar-refractivity contribution is 0.109. The van der Waals surface area contributed by atoms with Gasteiger partial charge in [0, 0.05) is 48.3 Å². The quantitative estimate of drug-likeness (QED) is 0.589. The maximum atomic E-state index is 12.2. The highest BCUT2D eigenvalue weighted by Gasteiger charge is 2.30. The van der Waals surface area contributed by atoms with Crippen molar-refractivity contribution in [2.75, 3.05) is 32.8 Å². The number of piperidine rings is 1. The molecule has 6 nitrogen and oxygen atoms in total. The van der Waals surface area contributed by atoms with Gasteiger partial charge in [-0.3, -0.25) is 4.90 Å². The number of alkyl carbamates (subject to hydrolysis) is 1. The predicted molar refractivity (Wildman–Crippen MR) is 137 cm³/mol. The third kappa shape index (κ3) is 5.13. The first-order valence-corrected chi connectivity index (χ1v) is 13.7. The number of hydrogen-bond acceptors (Lipinski definition) is 4. The van der Waals surface area contributed by atoms with E-state index in [-0.39, 0.29) is 6.09 Å². The molecule has 2 aliphatic heterocycles. The van der Waals surface area contributed by atoms with Crippen LogP contribution >= 0.6 is 0 Å². The highest BCUT2D eigenvalue weighted by molar-refractivity contribution is 5.86. The second-order valence-corrected chi connectivity index (χ2v) is 10.4. The van der Waals surface area contributed by atoms with Gasteiger partial charge in [0.25, 0.3) is 0 Å². The minimum absolute atomic E-state index is 0.321. The fourth-order valence-electron chi connectivity index (χ4n) is 6.63. The Labute approximate surface area is 204 Å². The van der Waals surface area contributed by atoms with Crippen LogP contribution in [0.4, 0.5) is 4.79 Å². The Kier molecular flexibility index (Phi) is 7.75. The molecular weight excluding hydrogens is 424 g/mol. The van der Waals surface area contributed by atoms with E-state index in [1.54, 1.807) is 0 Å². The number of nitrogens with one attached hydrogen (secondary N) is 1. The molecule has 2 aromatic rings. The summed E-state index contributed by atoms with van der Waals surface area (Å²) in [5.41, 5.74) is 4.00. The van der Waals surface area contributed by atoms with Gasteiger partial charge in [-0.2, -0.15) is 0 Å². The maximum absolute atomic E-state index is 12.2. The van der Waals surface area contributed by atoms with Crippen molar-refractivity contribution in [2.45, 2.75) is 89.9 Å². The number of ether oxygens (including phenoxy) is 1. The molecule has 34 heavy (non-hydrogen) atoms. The molecule has 1 aliphatic carbocycles. The molecule has 1 amide bonds. The molecule has 0 atom stereocenters. The fraction of sp³-hybridized carbons (Fsp3) is 0.679. The summed E-state index contributed by atoms with van der Waals surface area (Å²) < 4.78 is 7.79. The van der Waals surface area contributed by atoms with Gasteiger partial charge in [0.1, 0.15) is 0 Å². The van der Waals surface area contributed by atoms with E-state index in [1.165, 1.54) is 106 Å². The molecular formula is C28H42N4O2. The Hall–Kier alpha value is -2.05. The number of amides is 1. The molecule has 1 N–H and O–H groups in total. The van der Waals surface area contributed by atoms with Crippen LogP contribution in [0.3, 0.4) is 0 Å². The summed E-state index contributed by atoms with van der Waals surface area (Å²) in [6.07, 6.45) is 11.6. The largest absolute Gasteiger partial charge is 0.450 e. The molecule has 3 fully saturated rings. The van der Waals surface area contributed by atoms with Crippen LogP contribution in [-0.4, -0.2) is 59.3 Å². The lowest BCUT2D eigenvalue weighted by Gasteiger charge is -2.40. The Bertz CT molecular complexity index is 951. The van der Waals surface area contributed by atoms with Gasteiger partial charge in [-0.15, -0.1) is 0 Å². The van der Waals surface area contributed by atoms with Gasteiger partial charge in [-0.1, -0.05) is 37.5 Å². The summed E-state index contributed by atoms with van der Waals surface area (Å²) in [4.78, 5) is 17.6. The van der Waals surface area contributed by atoms with Crippen LogP contribution in [0.25, 0.3) is 10.9 Å². The smallest absolute Gasteiger partial charge is 0.407 e. The van der Waals surface area contributed by atoms with Gasteiger partial charge in [0.2, 0.25) is 0 Å². The number of benzene rings is 1. The van der Waals surface area contributed by atoms with Crippen molar-refractivity contribution in [1.82, 2.24) is 19.7 Å². The average Bonchev–Trinajstić information content (AvgIpc) is 3.50. The third-order valence-corrected chi connectivity index (χ3v) is 8.34. The lowest BCUT2D eigenvalue weighted by atomic mass is 9.92. The van der Waals surface area contributed by atoms with Crippen LogP contribution < -0.4 is 5.32 Å². The number of para-hydroxylation sites is 1. The van der Waals surface area contributed by atoms with Crippen LogP contribution in [0.1, 0.15) is 82.0 Å². The van der Waals surface area contributed by atoms with Crippen LogP contribution in [0, 0.1) is 0 Å². The summed E-state index contributed by atoms with van der Waals surface area (Å²) in [6, 6.07) is 10.2. The number of carbonyl (C=O) groups is 1. The lowest BCUT2D eigenvalue weighted by Crippen LogP contribution is -2.43. The zero-order valence-electron chi connectivity index (χ0n) is 20.9. The molecule has 186 valence electrons. The molecule has 0 bridgehead atoms. The van der Waals surface area contributed by atoms with E-state index >= 15 is 0 Å². The van der Waals surface area contributed by atoms with Crippen molar-refractivity contribution in [3.8, 4) is 0 Å². The Balaban J connectivity index is 1.43. The highest BCUT2D eigenvalue weighted by Crippen LogP contribution is 2.36. The zero-order chi connectivity index (χ0) is 23.3. The number of likely N-dealkylation sites (tertiary alicyclic amines) is 2. The van der Waals surface area contributed by atoms with Gasteiger partial charge in [0.05, 0.1) is 13.2 Å². The SMILES string of the molecule is CCOC(=O)NCc1c(CN2CCCC2)c2ccccc2n1C1CCN(C2CCCCC2)CC1. The second-order valence-electron chi connectivity index (χ2n) is 10.4. The first-order valence-electron chi connectivity index (χ1n) is 13.7. The summed E-state index contributed by atoms with van der Waals surface area (Å²) in [7, 11) is 0. The van der Waals surface area contributed by atoms with Crippen molar-refractivity contribution < 1.29 is 9.53 Å². The van der Waals surface area contributed by atoms with E-state index in [1.807, 2.05) is 6.92 Å². The topological polar surface area (TPSA) is 49.7 Å².